The Hall–Kier alpha value is -7.13. The van der Waals surface area contributed by atoms with Crippen LogP contribution in [0, 0.1) is 0 Å². The average Bonchev–Trinajstić information content (AvgIpc) is 3.55. The van der Waals surface area contributed by atoms with Crippen molar-refractivity contribution in [2.75, 3.05) is 11.5 Å². The third-order valence-electron chi connectivity index (χ3n) is 9.42. The molecule has 7 aromatic rings. The molecule has 9 rings (SSSR count). The van der Waals surface area contributed by atoms with Gasteiger partial charge in [-0.05, 0) is 38.1 Å². The highest BCUT2D eigenvalue weighted by molar-refractivity contribution is 6.30. The van der Waals surface area contributed by atoms with Crippen LogP contribution in [-0.4, -0.2) is 27.6 Å². The Kier molecular flexibility index (Phi) is 8.77. The molecule has 9 heteroatoms. The van der Waals surface area contributed by atoms with E-state index in [9.17, 15) is 24.6 Å². The second-order valence-electron chi connectivity index (χ2n) is 12.8. The van der Waals surface area contributed by atoms with Gasteiger partial charge in [-0.2, -0.15) is 0 Å². The lowest BCUT2D eigenvalue weighted by molar-refractivity contribution is 0.0980. The summed E-state index contributed by atoms with van der Waals surface area (Å²) in [7, 11) is 0. The Morgan fingerprint density at radius 3 is 1.79 bits per heavy atom. The number of rotatable bonds is 2. The van der Waals surface area contributed by atoms with Crippen molar-refractivity contribution in [3.8, 4) is 11.5 Å². The fourth-order valence-corrected chi connectivity index (χ4v) is 6.66. The number of nitrogen functional groups attached to an aromatic ring is 2. The fraction of sp³-hybridized carbons (Fsp3) is 0.0682. The van der Waals surface area contributed by atoms with E-state index < -0.39 is 5.66 Å². The first-order chi connectivity index (χ1) is 25.5. The van der Waals surface area contributed by atoms with E-state index in [1.807, 2.05) is 85.8 Å². The van der Waals surface area contributed by atoms with Crippen molar-refractivity contribution < 1.29 is 24.6 Å². The number of aromatic hydroxyl groups is 2. The summed E-state index contributed by atoms with van der Waals surface area (Å²) in [6.07, 6.45) is 0. The van der Waals surface area contributed by atoms with E-state index in [2.05, 4.69) is 0 Å². The minimum atomic E-state index is -0.744. The SMILES string of the molecule is CC(=O)c1ccccc1.CC1(c2ccccc2)N=c2ccc3c(O)c4ccccc4c(O)c3c2=N1.Nc1ccc2c(c1N)C(=O)c1ccccc1C2=O. The Morgan fingerprint density at radius 1 is 0.604 bits per heavy atom. The molecule has 1 atom stereocenters. The van der Waals surface area contributed by atoms with E-state index in [4.69, 9.17) is 21.5 Å². The molecule has 53 heavy (non-hydrogen) atoms. The van der Waals surface area contributed by atoms with Crippen LogP contribution in [0.4, 0.5) is 11.4 Å². The van der Waals surface area contributed by atoms with Gasteiger partial charge in [0.05, 0.1) is 33.0 Å². The zero-order chi connectivity index (χ0) is 37.4. The van der Waals surface area contributed by atoms with Crippen LogP contribution >= 0.6 is 0 Å². The van der Waals surface area contributed by atoms with Crippen LogP contribution in [0.3, 0.4) is 0 Å². The highest BCUT2D eigenvalue weighted by atomic mass is 16.3. The van der Waals surface area contributed by atoms with Gasteiger partial charge in [-0.15, -0.1) is 0 Å². The van der Waals surface area contributed by atoms with Gasteiger partial charge in [-0.1, -0.05) is 109 Å². The van der Waals surface area contributed by atoms with Gasteiger partial charge < -0.3 is 21.7 Å². The van der Waals surface area contributed by atoms with Gasteiger partial charge in [0.15, 0.2) is 23.0 Å². The quantitative estimate of drug-likeness (QED) is 0.0649. The number of anilines is 2. The lowest BCUT2D eigenvalue weighted by Gasteiger charge is -2.19. The monoisotopic (exact) mass is 698 g/mol. The largest absolute Gasteiger partial charge is 0.507 e. The molecule has 1 heterocycles. The van der Waals surface area contributed by atoms with E-state index in [0.717, 1.165) is 11.1 Å². The van der Waals surface area contributed by atoms with Crippen LogP contribution in [0.1, 0.15) is 61.6 Å². The average molecular weight is 699 g/mol. The Labute approximate surface area is 304 Å². The number of ketones is 3. The van der Waals surface area contributed by atoms with Crippen molar-refractivity contribution in [3.63, 3.8) is 0 Å². The molecule has 260 valence electrons. The van der Waals surface area contributed by atoms with Gasteiger partial charge in [0.2, 0.25) is 0 Å². The van der Waals surface area contributed by atoms with E-state index in [1.165, 1.54) is 0 Å². The summed E-state index contributed by atoms with van der Waals surface area (Å²) >= 11 is 0. The van der Waals surface area contributed by atoms with Crippen LogP contribution < -0.4 is 22.2 Å². The van der Waals surface area contributed by atoms with Gasteiger partial charge in [-0.25, -0.2) is 9.98 Å². The van der Waals surface area contributed by atoms with Crippen LogP contribution in [-0.2, 0) is 5.66 Å². The molecule has 0 fully saturated rings. The van der Waals surface area contributed by atoms with Crippen molar-refractivity contribution >= 4 is 50.3 Å². The van der Waals surface area contributed by atoms with Crippen molar-refractivity contribution in [1.29, 1.82) is 0 Å². The lowest BCUT2D eigenvalue weighted by Crippen LogP contribution is -2.22. The predicted molar refractivity (Wildman–Crippen MR) is 206 cm³/mol. The van der Waals surface area contributed by atoms with Gasteiger partial charge in [0.1, 0.15) is 11.5 Å². The van der Waals surface area contributed by atoms with E-state index in [1.54, 1.807) is 61.5 Å². The standard InChI is InChI=1S/C22H16N2O2.C14H10N2O2.C8H8O/c1-22(13-7-3-2-4-8-13)23-17-12-11-16-18(19(17)24-22)21(26)15-10-6-5-9-14(15)20(16)25;15-10-6-5-9-11(12(10)16)14(18)8-4-2-1-3-7(8)13(9)17;1-7(9)8-5-3-2-4-6-8/h2-12,25-26H,1H3;1-6H,15-16H2;2-6H,1H3. The number of phenols is 2. The topological polar surface area (TPSA) is 168 Å². The van der Waals surface area contributed by atoms with Gasteiger partial charge in [0.25, 0.3) is 0 Å². The summed E-state index contributed by atoms with van der Waals surface area (Å²) in [5.41, 5.74) is 14.3. The summed E-state index contributed by atoms with van der Waals surface area (Å²) < 4.78 is 0. The van der Waals surface area contributed by atoms with E-state index in [-0.39, 0.29) is 40.1 Å². The Morgan fingerprint density at radius 2 is 1.17 bits per heavy atom. The number of benzene rings is 7. The highest BCUT2D eigenvalue weighted by Gasteiger charge is 2.32. The molecule has 1 aliphatic heterocycles. The second kappa shape index (κ2) is 13.5. The first kappa shape index (κ1) is 34.3. The first-order valence-electron chi connectivity index (χ1n) is 16.8. The zero-order valence-electron chi connectivity index (χ0n) is 28.9. The van der Waals surface area contributed by atoms with Crippen LogP contribution in [0.5, 0.6) is 11.5 Å². The maximum atomic E-state index is 12.3. The van der Waals surface area contributed by atoms with Gasteiger partial charge >= 0.3 is 0 Å². The number of Topliss-reactive ketones (excluding diaryl/α,β-unsaturated/α-hetero) is 1. The fourth-order valence-electron chi connectivity index (χ4n) is 6.66. The Balaban J connectivity index is 0.000000139. The number of nitrogens with two attached hydrogens (primary N) is 2. The van der Waals surface area contributed by atoms with Crippen LogP contribution in [0.25, 0.3) is 21.5 Å². The third kappa shape index (κ3) is 6.04. The predicted octanol–water partition coefficient (Wildman–Crippen LogP) is 7.05. The molecule has 0 bridgehead atoms. The first-order valence-corrected chi connectivity index (χ1v) is 16.8. The molecule has 0 amide bonds. The number of hydrogen-bond donors (Lipinski definition) is 4. The van der Waals surface area contributed by atoms with Gasteiger partial charge in [-0.3, -0.25) is 14.4 Å². The molecule has 1 unspecified atom stereocenters. The molecular formula is C44H34N4O5. The van der Waals surface area contributed by atoms with Crippen molar-refractivity contribution in [3.05, 3.63) is 178 Å². The molecule has 0 saturated carbocycles. The molecule has 0 saturated heterocycles. The molecule has 9 nitrogen and oxygen atoms in total. The van der Waals surface area contributed by atoms with Crippen molar-refractivity contribution in [1.82, 2.24) is 0 Å². The molecule has 0 radical (unpaired) electrons. The number of nitrogens with zero attached hydrogens (tertiary/aromatic N) is 2. The summed E-state index contributed by atoms with van der Waals surface area (Å²) in [5, 5.41) is 25.3. The number of carbonyl (C=O) groups is 3. The molecule has 1 aliphatic carbocycles. The zero-order valence-corrected chi connectivity index (χ0v) is 28.9. The smallest absolute Gasteiger partial charge is 0.196 e. The summed E-state index contributed by atoms with van der Waals surface area (Å²) in [6, 6.07) is 39.8. The third-order valence-corrected chi connectivity index (χ3v) is 9.42. The molecule has 7 aromatic carbocycles. The van der Waals surface area contributed by atoms with Gasteiger partial charge in [0, 0.05) is 44.0 Å². The highest BCUT2D eigenvalue weighted by Crippen LogP contribution is 2.40. The second-order valence-corrected chi connectivity index (χ2v) is 12.8. The normalized spacial score (nSPS) is 15.1. The maximum absolute atomic E-state index is 12.3. The molecule has 2 aliphatic rings. The minimum absolute atomic E-state index is 0.121. The molecule has 0 spiro atoms. The van der Waals surface area contributed by atoms with Crippen LogP contribution in [0.2, 0.25) is 0 Å². The lowest BCUT2D eigenvalue weighted by atomic mass is 9.83. The summed E-state index contributed by atoms with van der Waals surface area (Å²) in [4.78, 5) is 44.9. The van der Waals surface area contributed by atoms with Crippen molar-refractivity contribution in [2.45, 2.75) is 19.5 Å². The number of carbonyl (C=O) groups excluding carboxylic acids is 3. The minimum Gasteiger partial charge on any atom is -0.507 e. The van der Waals surface area contributed by atoms with Crippen LogP contribution in [0.15, 0.2) is 143 Å². The molecular weight excluding hydrogens is 665 g/mol. The molecule has 0 aromatic heterocycles. The van der Waals surface area contributed by atoms with Crippen molar-refractivity contribution in [2.24, 2.45) is 9.98 Å². The molecule has 6 N–H and O–H groups in total. The van der Waals surface area contributed by atoms with E-state index >= 15 is 0 Å². The Bertz CT molecular complexity index is 2750. The number of phenolic OH excluding ortho intramolecular Hbond substituents is 2. The van der Waals surface area contributed by atoms with E-state index in [0.29, 0.717) is 54.6 Å². The number of hydrogen-bond acceptors (Lipinski definition) is 9. The summed E-state index contributed by atoms with van der Waals surface area (Å²) in [6.45, 7) is 3.52. The maximum Gasteiger partial charge on any atom is 0.196 e. The summed E-state index contributed by atoms with van der Waals surface area (Å²) in [5.74, 6) is -0.0336. The number of fused-ring (bicyclic) bond motifs is 6.